The zero-order chi connectivity index (χ0) is 10.1. The molecule has 0 aromatic heterocycles. The number of allylic oxidation sites excluding steroid dienone is 4. The fourth-order valence-corrected chi connectivity index (χ4v) is 2.70. The molecule has 1 N–H and O–H groups in total. The average molecular weight is 257 g/mol. The van der Waals surface area contributed by atoms with Gasteiger partial charge >= 0.3 is 6.03 Å². The second kappa shape index (κ2) is 3.77. The van der Waals surface area contributed by atoms with E-state index in [0.29, 0.717) is 5.92 Å². The molecule has 0 bridgehead atoms. The van der Waals surface area contributed by atoms with Crippen LogP contribution in [-0.4, -0.2) is 24.0 Å². The first kappa shape index (κ1) is 9.77. The lowest BCUT2D eigenvalue weighted by molar-refractivity contribution is 0.223. The third-order valence-corrected chi connectivity index (χ3v) is 3.28. The van der Waals surface area contributed by atoms with Gasteiger partial charge in [-0.1, -0.05) is 19.1 Å². The van der Waals surface area contributed by atoms with E-state index in [-0.39, 0.29) is 6.03 Å². The molecule has 1 aliphatic carbocycles. The molecular weight excluding hydrogens is 244 g/mol. The van der Waals surface area contributed by atoms with E-state index in [1.165, 1.54) is 0 Å². The average Bonchev–Trinajstić information content (AvgIpc) is 2.52. The fraction of sp³-hybridized carbons (Fsp3) is 0.500. The zero-order valence-corrected chi connectivity index (χ0v) is 9.67. The molecule has 0 radical (unpaired) electrons. The number of nitrogens with zero attached hydrogens (tertiary/aromatic N) is 1. The predicted molar refractivity (Wildman–Crippen MR) is 59.0 cm³/mol. The van der Waals surface area contributed by atoms with Crippen LogP contribution in [0.25, 0.3) is 0 Å². The second-order valence-electron chi connectivity index (χ2n) is 3.66. The molecule has 1 unspecified atom stereocenters. The zero-order valence-electron chi connectivity index (χ0n) is 8.09. The summed E-state index contributed by atoms with van der Waals surface area (Å²) in [5.74, 6) is 0.415. The van der Waals surface area contributed by atoms with Crippen molar-refractivity contribution in [2.24, 2.45) is 5.92 Å². The molecule has 0 aromatic rings. The van der Waals surface area contributed by atoms with Gasteiger partial charge in [-0.05, 0) is 22.4 Å². The molecule has 4 heteroatoms. The van der Waals surface area contributed by atoms with Gasteiger partial charge in [-0.25, -0.2) is 4.79 Å². The molecule has 76 valence electrons. The largest absolute Gasteiger partial charge is 0.336 e. The number of halogens is 1. The van der Waals surface area contributed by atoms with Crippen molar-refractivity contribution >= 4 is 22.0 Å². The van der Waals surface area contributed by atoms with Crippen LogP contribution >= 0.6 is 15.9 Å². The van der Waals surface area contributed by atoms with E-state index in [9.17, 15) is 4.79 Å². The van der Waals surface area contributed by atoms with Crippen molar-refractivity contribution in [2.45, 2.75) is 13.3 Å². The van der Waals surface area contributed by atoms with Crippen molar-refractivity contribution in [2.75, 3.05) is 13.1 Å². The first-order chi connectivity index (χ1) is 6.70. The molecule has 1 aliphatic heterocycles. The topological polar surface area (TPSA) is 32.3 Å². The number of rotatable bonds is 1. The first-order valence-electron chi connectivity index (χ1n) is 4.81. The molecule has 1 saturated heterocycles. The van der Waals surface area contributed by atoms with E-state index in [1.807, 2.05) is 11.0 Å². The third-order valence-electron chi connectivity index (χ3n) is 2.61. The summed E-state index contributed by atoms with van der Waals surface area (Å²) in [5, 5.41) is 2.82. The standard InChI is InChI=1S/C10H13BrN2O/c1-7-3-2-4-8(11)9(7)13-6-5-12-10(13)14/h2,4,7H,3,5-6H2,1H3,(H,12,14). The van der Waals surface area contributed by atoms with E-state index in [2.05, 4.69) is 34.2 Å². The molecule has 1 atom stereocenters. The minimum Gasteiger partial charge on any atom is -0.336 e. The molecule has 0 spiro atoms. The van der Waals surface area contributed by atoms with Gasteiger partial charge in [-0.2, -0.15) is 0 Å². The summed E-state index contributed by atoms with van der Waals surface area (Å²) in [6.45, 7) is 3.67. The lowest BCUT2D eigenvalue weighted by atomic mass is 9.98. The monoisotopic (exact) mass is 256 g/mol. The number of carbonyl (C=O) groups is 1. The quantitative estimate of drug-likeness (QED) is 0.767. The first-order valence-corrected chi connectivity index (χ1v) is 5.61. The van der Waals surface area contributed by atoms with E-state index in [1.54, 1.807) is 0 Å². The molecule has 2 amide bonds. The van der Waals surface area contributed by atoms with Crippen LogP contribution in [0.3, 0.4) is 0 Å². The number of hydrogen-bond donors (Lipinski definition) is 1. The molecule has 1 fully saturated rings. The van der Waals surface area contributed by atoms with Crippen molar-refractivity contribution in [1.29, 1.82) is 0 Å². The minimum absolute atomic E-state index is 0.0269. The summed E-state index contributed by atoms with van der Waals surface area (Å²) in [6.07, 6.45) is 5.17. The number of amides is 2. The van der Waals surface area contributed by atoms with Crippen molar-refractivity contribution < 1.29 is 4.79 Å². The van der Waals surface area contributed by atoms with Gasteiger partial charge in [-0.3, -0.25) is 4.90 Å². The maximum atomic E-state index is 11.5. The summed E-state index contributed by atoms with van der Waals surface area (Å²) in [7, 11) is 0. The van der Waals surface area contributed by atoms with Gasteiger partial charge in [0.25, 0.3) is 0 Å². The molecule has 3 nitrogen and oxygen atoms in total. The number of nitrogens with one attached hydrogen (secondary N) is 1. The van der Waals surface area contributed by atoms with Crippen molar-refractivity contribution in [1.82, 2.24) is 10.2 Å². The Bertz CT molecular complexity index is 322. The fourth-order valence-electron chi connectivity index (χ4n) is 1.90. The van der Waals surface area contributed by atoms with Gasteiger partial charge in [0, 0.05) is 29.2 Å². The lowest BCUT2D eigenvalue weighted by Gasteiger charge is -2.26. The Balaban J connectivity index is 2.30. The van der Waals surface area contributed by atoms with Crippen molar-refractivity contribution in [3.63, 3.8) is 0 Å². The van der Waals surface area contributed by atoms with E-state index in [0.717, 1.165) is 29.7 Å². The normalized spacial score (nSPS) is 27.1. The lowest BCUT2D eigenvalue weighted by Crippen LogP contribution is -2.31. The van der Waals surface area contributed by atoms with Gasteiger partial charge in [0.05, 0.1) is 0 Å². The van der Waals surface area contributed by atoms with Crippen LogP contribution in [0.2, 0.25) is 0 Å². The number of urea groups is 1. The Hall–Kier alpha value is -0.770. The summed E-state index contributed by atoms with van der Waals surface area (Å²) >= 11 is 3.50. The summed E-state index contributed by atoms with van der Waals surface area (Å²) in [5.41, 5.74) is 1.11. The molecule has 2 rings (SSSR count). The van der Waals surface area contributed by atoms with E-state index >= 15 is 0 Å². The number of hydrogen-bond acceptors (Lipinski definition) is 1. The van der Waals surface area contributed by atoms with Gasteiger partial charge in [0.2, 0.25) is 0 Å². The Morgan fingerprint density at radius 3 is 3.00 bits per heavy atom. The second-order valence-corrected chi connectivity index (χ2v) is 4.51. The molecule has 2 aliphatic rings. The van der Waals surface area contributed by atoms with Gasteiger partial charge in [0.1, 0.15) is 0 Å². The SMILES string of the molecule is CC1CC=CC(Br)=C1N1CCNC1=O. The van der Waals surface area contributed by atoms with Crippen LogP contribution < -0.4 is 5.32 Å². The van der Waals surface area contributed by atoms with Crippen LogP contribution in [0.15, 0.2) is 22.3 Å². The van der Waals surface area contributed by atoms with Gasteiger partial charge in [-0.15, -0.1) is 0 Å². The highest BCUT2D eigenvalue weighted by Gasteiger charge is 2.28. The van der Waals surface area contributed by atoms with Crippen molar-refractivity contribution in [3.05, 3.63) is 22.3 Å². The summed E-state index contributed by atoms with van der Waals surface area (Å²) in [6, 6.07) is 0.0269. The van der Waals surface area contributed by atoms with Crippen LogP contribution in [0, 0.1) is 5.92 Å². The van der Waals surface area contributed by atoms with Crippen LogP contribution in [-0.2, 0) is 0 Å². The molecule has 0 saturated carbocycles. The maximum Gasteiger partial charge on any atom is 0.321 e. The summed E-state index contributed by atoms with van der Waals surface area (Å²) in [4.78, 5) is 13.3. The Kier molecular flexibility index (Phi) is 2.63. The molecular formula is C10H13BrN2O. The predicted octanol–water partition coefficient (Wildman–Crippen LogP) is 2.21. The third kappa shape index (κ3) is 1.59. The molecule has 0 aromatic carbocycles. The van der Waals surface area contributed by atoms with Gasteiger partial charge < -0.3 is 5.32 Å². The van der Waals surface area contributed by atoms with Crippen LogP contribution in [0.5, 0.6) is 0 Å². The van der Waals surface area contributed by atoms with E-state index in [4.69, 9.17) is 0 Å². The van der Waals surface area contributed by atoms with Gasteiger partial charge in [0.15, 0.2) is 0 Å². The highest BCUT2D eigenvalue weighted by molar-refractivity contribution is 9.11. The molecule has 1 heterocycles. The van der Waals surface area contributed by atoms with Crippen molar-refractivity contribution in [3.8, 4) is 0 Å². The summed E-state index contributed by atoms with van der Waals surface area (Å²) < 4.78 is 1.04. The smallest absolute Gasteiger partial charge is 0.321 e. The molecule has 14 heavy (non-hydrogen) atoms. The Labute approximate surface area is 92.0 Å². The van der Waals surface area contributed by atoms with Crippen LogP contribution in [0.1, 0.15) is 13.3 Å². The van der Waals surface area contributed by atoms with Crippen LogP contribution in [0.4, 0.5) is 4.79 Å². The highest BCUT2D eigenvalue weighted by atomic mass is 79.9. The highest BCUT2D eigenvalue weighted by Crippen LogP contribution is 2.31. The Morgan fingerprint density at radius 1 is 1.64 bits per heavy atom. The minimum atomic E-state index is 0.0269. The van der Waals surface area contributed by atoms with E-state index < -0.39 is 0 Å². The maximum absolute atomic E-state index is 11.5. The Morgan fingerprint density at radius 2 is 2.43 bits per heavy atom. The number of carbonyl (C=O) groups excluding carboxylic acids is 1.